The number of halogens is 1. The number of hydrogen-bond acceptors (Lipinski definition) is 3. The highest BCUT2D eigenvalue weighted by molar-refractivity contribution is 6.29. The fraction of sp³-hybridized carbons (Fsp3) is 0.200. The molecular weight excluding hydrogens is 152 g/mol. The Labute approximate surface area is 62.9 Å². The van der Waals surface area contributed by atoms with Gasteiger partial charge in [-0.25, -0.2) is 4.68 Å². The van der Waals surface area contributed by atoms with Crippen LogP contribution in [0.5, 0.6) is 0 Å². The van der Waals surface area contributed by atoms with Crippen LogP contribution in [-0.2, 0) is 7.05 Å². The first-order chi connectivity index (χ1) is 4.74. The standard InChI is InChI=1S/C5H7ClN4/c1-10-5(8-7)3-2-4(6)9-10/h2-3H,7H2,1H3/b8-5+. The minimum absolute atomic E-state index is 0.426. The van der Waals surface area contributed by atoms with E-state index in [1.165, 1.54) is 4.68 Å². The van der Waals surface area contributed by atoms with Gasteiger partial charge in [0.15, 0.2) is 5.49 Å². The zero-order chi connectivity index (χ0) is 7.56. The molecule has 0 fully saturated rings. The third kappa shape index (κ3) is 1.27. The molecule has 0 spiro atoms. The summed E-state index contributed by atoms with van der Waals surface area (Å²) in [5.74, 6) is 5.02. The lowest BCUT2D eigenvalue weighted by Gasteiger charge is -1.95. The van der Waals surface area contributed by atoms with Gasteiger partial charge in [-0.15, -0.1) is 0 Å². The summed E-state index contributed by atoms with van der Waals surface area (Å²) in [5.41, 5.74) is 0.587. The zero-order valence-corrected chi connectivity index (χ0v) is 6.21. The minimum atomic E-state index is 0.426. The van der Waals surface area contributed by atoms with Gasteiger partial charge in [-0.2, -0.15) is 10.2 Å². The molecule has 0 saturated carbocycles. The van der Waals surface area contributed by atoms with Crippen LogP contribution >= 0.6 is 11.6 Å². The molecule has 0 aliphatic rings. The maximum atomic E-state index is 5.56. The second kappa shape index (κ2) is 2.70. The molecule has 1 heterocycles. The predicted octanol–water partition coefficient (Wildman–Crippen LogP) is -0.152. The summed E-state index contributed by atoms with van der Waals surface area (Å²) >= 11 is 5.56. The average molecular weight is 159 g/mol. The van der Waals surface area contributed by atoms with Gasteiger partial charge in [-0.3, -0.25) is 0 Å². The Morgan fingerprint density at radius 3 is 2.90 bits per heavy atom. The second-order valence-corrected chi connectivity index (χ2v) is 2.15. The van der Waals surface area contributed by atoms with Crippen molar-refractivity contribution in [2.75, 3.05) is 0 Å². The van der Waals surface area contributed by atoms with Crippen molar-refractivity contribution in [2.24, 2.45) is 18.0 Å². The Hall–Kier alpha value is -1.03. The van der Waals surface area contributed by atoms with Crippen molar-refractivity contribution in [3.63, 3.8) is 0 Å². The topological polar surface area (TPSA) is 56.2 Å². The van der Waals surface area contributed by atoms with E-state index in [4.69, 9.17) is 17.4 Å². The van der Waals surface area contributed by atoms with Gasteiger partial charge in [0.25, 0.3) is 0 Å². The Balaban J connectivity index is 3.34. The molecule has 0 aromatic carbocycles. The van der Waals surface area contributed by atoms with E-state index in [2.05, 4.69) is 10.2 Å². The molecule has 0 aliphatic heterocycles. The van der Waals surface area contributed by atoms with Gasteiger partial charge in [-0.05, 0) is 12.1 Å². The highest BCUT2D eigenvalue weighted by Crippen LogP contribution is 1.95. The molecule has 1 aromatic heterocycles. The second-order valence-electron chi connectivity index (χ2n) is 1.77. The number of nitrogens with zero attached hydrogens (tertiary/aromatic N) is 3. The van der Waals surface area contributed by atoms with E-state index in [1.54, 1.807) is 19.2 Å². The van der Waals surface area contributed by atoms with Crippen molar-refractivity contribution in [1.82, 2.24) is 9.78 Å². The van der Waals surface area contributed by atoms with Gasteiger partial charge in [-0.1, -0.05) is 11.6 Å². The minimum Gasteiger partial charge on any atom is -0.321 e. The summed E-state index contributed by atoms with van der Waals surface area (Å²) in [5, 5.41) is 7.73. The number of rotatable bonds is 0. The molecular formula is C5H7ClN4. The summed E-state index contributed by atoms with van der Waals surface area (Å²) in [6, 6.07) is 3.32. The van der Waals surface area contributed by atoms with Crippen LogP contribution in [0, 0.1) is 0 Å². The van der Waals surface area contributed by atoms with Crippen molar-refractivity contribution < 1.29 is 0 Å². The fourth-order valence-electron chi connectivity index (χ4n) is 0.606. The molecule has 1 rings (SSSR count). The number of hydrogen-bond donors (Lipinski definition) is 1. The summed E-state index contributed by atoms with van der Waals surface area (Å²) in [6.07, 6.45) is 0. The Morgan fingerprint density at radius 2 is 2.40 bits per heavy atom. The van der Waals surface area contributed by atoms with Crippen molar-refractivity contribution in [2.45, 2.75) is 0 Å². The van der Waals surface area contributed by atoms with Crippen LogP contribution < -0.4 is 11.3 Å². The smallest absolute Gasteiger partial charge is 0.168 e. The molecule has 0 bridgehead atoms. The van der Waals surface area contributed by atoms with Crippen LogP contribution in [-0.4, -0.2) is 9.78 Å². The highest BCUT2D eigenvalue weighted by Gasteiger charge is 1.88. The first-order valence-electron chi connectivity index (χ1n) is 2.68. The monoisotopic (exact) mass is 158 g/mol. The largest absolute Gasteiger partial charge is 0.321 e. The van der Waals surface area contributed by atoms with Gasteiger partial charge >= 0.3 is 0 Å². The molecule has 5 heteroatoms. The quantitative estimate of drug-likeness (QED) is 0.422. The molecule has 1 aromatic rings. The molecule has 0 unspecified atom stereocenters. The average Bonchev–Trinajstić information content (AvgIpc) is 1.88. The Bertz CT molecular complexity index is 290. The molecule has 54 valence electrons. The molecule has 0 radical (unpaired) electrons. The summed E-state index contributed by atoms with van der Waals surface area (Å²) in [4.78, 5) is 0. The normalized spacial score (nSPS) is 12.0. The molecule has 0 amide bonds. The van der Waals surface area contributed by atoms with Gasteiger partial charge < -0.3 is 5.84 Å². The van der Waals surface area contributed by atoms with E-state index >= 15 is 0 Å². The first kappa shape index (κ1) is 7.08. The lowest BCUT2D eigenvalue weighted by Crippen LogP contribution is -2.21. The van der Waals surface area contributed by atoms with Gasteiger partial charge in [0.2, 0.25) is 0 Å². The van der Waals surface area contributed by atoms with Gasteiger partial charge in [0, 0.05) is 7.05 Å². The van der Waals surface area contributed by atoms with Gasteiger partial charge in [0.05, 0.1) is 0 Å². The maximum absolute atomic E-state index is 5.56. The molecule has 4 nitrogen and oxygen atoms in total. The van der Waals surface area contributed by atoms with Crippen molar-refractivity contribution in [3.8, 4) is 0 Å². The lowest BCUT2D eigenvalue weighted by molar-refractivity contribution is 0.684. The Kier molecular flexibility index (Phi) is 1.91. The van der Waals surface area contributed by atoms with Gasteiger partial charge in [0.1, 0.15) is 5.15 Å². The van der Waals surface area contributed by atoms with E-state index in [1.807, 2.05) is 0 Å². The first-order valence-corrected chi connectivity index (χ1v) is 3.05. The highest BCUT2D eigenvalue weighted by atomic mass is 35.5. The summed E-state index contributed by atoms with van der Waals surface area (Å²) < 4.78 is 1.50. The number of nitrogens with two attached hydrogens (primary N) is 1. The third-order valence-corrected chi connectivity index (χ3v) is 1.28. The number of aryl methyl sites for hydroxylation is 1. The molecule has 0 saturated heterocycles. The molecule has 2 N–H and O–H groups in total. The van der Waals surface area contributed by atoms with Crippen molar-refractivity contribution >= 4 is 11.6 Å². The number of aromatic nitrogens is 2. The van der Waals surface area contributed by atoms with Crippen molar-refractivity contribution in [3.05, 3.63) is 22.8 Å². The Morgan fingerprint density at radius 1 is 1.70 bits per heavy atom. The molecule has 0 aliphatic carbocycles. The molecule has 0 atom stereocenters. The van der Waals surface area contributed by atoms with Crippen LogP contribution in [0.15, 0.2) is 17.2 Å². The van der Waals surface area contributed by atoms with E-state index in [0.717, 1.165) is 0 Å². The predicted molar refractivity (Wildman–Crippen MR) is 38.0 cm³/mol. The van der Waals surface area contributed by atoms with E-state index in [0.29, 0.717) is 10.6 Å². The van der Waals surface area contributed by atoms with Crippen LogP contribution in [0.4, 0.5) is 0 Å². The van der Waals surface area contributed by atoms with Crippen molar-refractivity contribution in [1.29, 1.82) is 0 Å². The van der Waals surface area contributed by atoms with E-state index in [9.17, 15) is 0 Å². The third-order valence-electron chi connectivity index (χ3n) is 1.08. The van der Waals surface area contributed by atoms with Crippen LogP contribution in [0.1, 0.15) is 0 Å². The van der Waals surface area contributed by atoms with E-state index in [-0.39, 0.29) is 0 Å². The molecule has 10 heavy (non-hydrogen) atoms. The van der Waals surface area contributed by atoms with E-state index < -0.39 is 0 Å². The summed E-state index contributed by atoms with van der Waals surface area (Å²) in [6.45, 7) is 0. The van der Waals surface area contributed by atoms with Crippen LogP contribution in [0.3, 0.4) is 0 Å². The lowest BCUT2D eigenvalue weighted by atomic mass is 10.6. The summed E-state index contributed by atoms with van der Waals surface area (Å²) in [7, 11) is 1.72. The van der Waals surface area contributed by atoms with Crippen LogP contribution in [0.2, 0.25) is 5.15 Å². The maximum Gasteiger partial charge on any atom is 0.168 e. The fourth-order valence-corrected chi connectivity index (χ4v) is 0.782. The SMILES string of the molecule is Cn1nc(Cl)cc/c1=N\N. The zero-order valence-electron chi connectivity index (χ0n) is 5.45. The van der Waals surface area contributed by atoms with Crippen LogP contribution in [0.25, 0.3) is 0 Å².